The molecule has 0 aliphatic heterocycles. The second-order valence-electron chi connectivity index (χ2n) is 5.20. The molecule has 19 heavy (non-hydrogen) atoms. The van der Waals surface area contributed by atoms with Crippen LogP contribution in [0.5, 0.6) is 0 Å². The largest absolute Gasteiger partial charge is 0.373 e. The number of hydrogen-bond donors (Lipinski definition) is 1. The highest BCUT2D eigenvalue weighted by Gasteiger charge is 2.18. The first-order chi connectivity index (χ1) is 8.92. The van der Waals surface area contributed by atoms with Gasteiger partial charge in [0, 0.05) is 37.4 Å². The van der Waals surface area contributed by atoms with Crippen molar-refractivity contribution in [3.8, 4) is 0 Å². The summed E-state index contributed by atoms with van der Waals surface area (Å²) < 4.78 is 0. The molecular weight excluding hydrogens is 256 g/mol. The zero-order valence-corrected chi connectivity index (χ0v) is 13.9. The summed E-state index contributed by atoms with van der Waals surface area (Å²) in [5.74, 6) is 4.27. The van der Waals surface area contributed by atoms with Crippen molar-refractivity contribution in [3.63, 3.8) is 0 Å². The van der Waals surface area contributed by atoms with Crippen LogP contribution in [0.4, 0.5) is 11.6 Å². The number of nitrogens with one attached hydrogen (secondary N) is 1. The molecule has 1 heterocycles. The topological polar surface area (TPSA) is 41.1 Å². The number of rotatable bonds is 6. The van der Waals surface area contributed by atoms with Crippen LogP contribution in [0.2, 0.25) is 0 Å². The predicted octanol–water partition coefficient (Wildman–Crippen LogP) is 3.14. The molecular formula is C14H26N4S. The minimum atomic E-state index is 0.329. The maximum Gasteiger partial charge on any atom is 0.137 e. The van der Waals surface area contributed by atoms with Crippen molar-refractivity contribution in [1.82, 2.24) is 9.97 Å². The molecule has 1 N–H and O–H groups in total. The predicted molar refractivity (Wildman–Crippen MR) is 86.7 cm³/mol. The van der Waals surface area contributed by atoms with Gasteiger partial charge in [-0.2, -0.15) is 11.8 Å². The van der Waals surface area contributed by atoms with Gasteiger partial charge in [-0.3, -0.25) is 0 Å². The lowest BCUT2D eigenvalue weighted by molar-refractivity contribution is 0.722. The van der Waals surface area contributed by atoms with Gasteiger partial charge < -0.3 is 10.2 Å². The molecule has 0 bridgehead atoms. The molecule has 1 aromatic heterocycles. The maximum atomic E-state index is 4.75. The third-order valence-corrected chi connectivity index (χ3v) is 4.11. The fourth-order valence-corrected chi connectivity index (χ4v) is 2.63. The number of hydrogen-bond acceptors (Lipinski definition) is 5. The molecule has 4 nitrogen and oxygen atoms in total. The lowest BCUT2D eigenvalue weighted by atomic mass is 10.2. The summed E-state index contributed by atoms with van der Waals surface area (Å²) in [6.45, 7) is 8.55. The zero-order valence-electron chi connectivity index (χ0n) is 13.1. The van der Waals surface area contributed by atoms with Gasteiger partial charge >= 0.3 is 0 Å². The molecule has 1 rings (SSSR count). The van der Waals surface area contributed by atoms with Gasteiger partial charge in [-0.15, -0.1) is 0 Å². The van der Waals surface area contributed by atoms with Gasteiger partial charge in [0.15, 0.2) is 0 Å². The normalized spacial score (nSPS) is 12.6. The Morgan fingerprint density at radius 3 is 2.37 bits per heavy atom. The zero-order chi connectivity index (χ0) is 14.6. The highest BCUT2D eigenvalue weighted by Crippen LogP contribution is 2.26. The molecule has 0 aromatic carbocycles. The first-order valence-electron chi connectivity index (χ1n) is 6.70. The molecule has 0 aliphatic carbocycles. The van der Waals surface area contributed by atoms with Crippen LogP contribution in [-0.2, 0) is 0 Å². The SMILES string of the molecule is CNc1nc(C(C)C)nc(N(C)C(C)CSC)c1C. The third-order valence-electron chi connectivity index (χ3n) is 3.29. The second-order valence-corrected chi connectivity index (χ2v) is 6.11. The van der Waals surface area contributed by atoms with Crippen molar-refractivity contribution in [3.05, 3.63) is 11.4 Å². The van der Waals surface area contributed by atoms with Crippen molar-refractivity contribution in [2.24, 2.45) is 0 Å². The quantitative estimate of drug-likeness (QED) is 0.868. The first kappa shape index (κ1) is 16.1. The summed E-state index contributed by atoms with van der Waals surface area (Å²) in [7, 11) is 4.02. The molecule has 1 unspecified atom stereocenters. The van der Waals surface area contributed by atoms with Crippen LogP contribution in [0.3, 0.4) is 0 Å². The Morgan fingerprint density at radius 2 is 1.89 bits per heavy atom. The van der Waals surface area contributed by atoms with Gasteiger partial charge in [0.1, 0.15) is 17.5 Å². The van der Waals surface area contributed by atoms with Crippen molar-refractivity contribution >= 4 is 23.4 Å². The van der Waals surface area contributed by atoms with Crippen LogP contribution in [0, 0.1) is 6.92 Å². The average molecular weight is 282 g/mol. The van der Waals surface area contributed by atoms with Gasteiger partial charge in [0.2, 0.25) is 0 Å². The molecule has 0 saturated heterocycles. The summed E-state index contributed by atoms with van der Waals surface area (Å²) in [5, 5.41) is 3.17. The standard InChI is InChI=1S/C14H26N4S/c1-9(2)12-16-13(15-5)11(4)14(17-12)18(6)10(3)8-19-7/h9-10H,8H2,1-7H3,(H,15,16,17). The smallest absolute Gasteiger partial charge is 0.137 e. The minimum absolute atomic E-state index is 0.329. The highest BCUT2D eigenvalue weighted by molar-refractivity contribution is 7.98. The molecule has 1 atom stereocenters. The Balaban J connectivity index is 3.21. The van der Waals surface area contributed by atoms with Crippen LogP contribution in [0.15, 0.2) is 0 Å². The van der Waals surface area contributed by atoms with Crippen molar-refractivity contribution in [2.75, 3.05) is 36.3 Å². The van der Waals surface area contributed by atoms with Crippen molar-refractivity contribution in [2.45, 2.75) is 39.7 Å². The number of thioether (sulfide) groups is 1. The van der Waals surface area contributed by atoms with Crippen LogP contribution in [0.25, 0.3) is 0 Å². The molecule has 0 amide bonds. The van der Waals surface area contributed by atoms with E-state index in [2.05, 4.69) is 56.2 Å². The Bertz CT molecular complexity index is 420. The van der Waals surface area contributed by atoms with E-state index in [1.807, 2.05) is 18.8 Å². The summed E-state index contributed by atoms with van der Waals surface area (Å²) >= 11 is 1.86. The van der Waals surface area contributed by atoms with E-state index in [1.54, 1.807) is 0 Å². The van der Waals surface area contributed by atoms with Crippen LogP contribution in [0.1, 0.15) is 38.1 Å². The lowest BCUT2D eigenvalue weighted by Crippen LogP contribution is -2.32. The van der Waals surface area contributed by atoms with E-state index in [0.717, 1.165) is 28.8 Å². The highest BCUT2D eigenvalue weighted by atomic mass is 32.2. The van der Waals surface area contributed by atoms with Gasteiger partial charge in [-0.1, -0.05) is 13.8 Å². The maximum absolute atomic E-state index is 4.75. The molecule has 108 valence electrons. The Morgan fingerprint density at radius 1 is 1.26 bits per heavy atom. The summed E-state index contributed by atoms with van der Waals surface area (Å²) in [6.07, 6.45) is 2.13. The molecule has 0 fully saturated rings. The minimum Gasteiger partial charge on any atom is -0.373 e. The van der Waals surface area contributed by atoms with E-state index in [-0.39, 0.29) is 0 Å². The van der Waals surface area contributed by atoms with E-state index in [1.165, 1.54) is 0 Å². The van der Waals surface area contributed by atoms with E-state index in [0.29, 0.717) is 12.0 Å². The first-order valence-corrected chi connectivity index (χ1v) is 8.09. The lowest BCUT2D eigenvalue weighted by Gasteiger charge is -2.28. The summed E-state index contributed by atoms with van der Waals surface area (Å²) in [4.78, 5) is 11.6. The van der Waals surface area contributed by atoms with Gasteiger partial charge in [-0.05, 0) is 20.1 Å². The Hall–Kier alpha value is -0.970. The number of aromatic nitrogens is 2. The van der Waals surface area contributed by atoms with E-state index in [9.17, 15) is 0 Å². The van der Waals surface area contributed by atoms with Crippen molar-refractivity contribution in [1.29, 1.82) is 0 Å². The third kappa shape index (κ3) is 3.75. The van der Waals surface area contributed by atoms with Crippen LogP contribution >= 0.6 is 11.8 Å². The molecule has 0 spiro atoms. The van der Waals surface area contributed by atoms with Crippen molar-refractivity contribution < 1.29 is 0 Å². The van der Waals surface area contributed by atoms with E-state index < -0.39 is 0 Å². The Labute approximate surface area is 121 Å². The average Bonchev–Trinajstić information content (AvgIpc) is 2.38. The van der Waals surface area contributed by atoms with E-state index in [4.69, 9.17) is 4.98 Å². The second kappa shape index (κ2) is 6.98. The molecule has 5 heteroatoms. The van der Waals surface area contributed by atoms with Gasteiger partial charge in [0.05, 0.1) is 0 Å². The molecule has 0 radical (unpaired) electrons. The number of nitrogens with zero attached hydrogens (tertiary/aromatic N) is 3. The Kier molecular flexibility index (Phi) is 5.91. The molecule has 1 aromatic rings. The number of anilines is 2. The summed E-state index contributed by atoms with van der Waals surface area (Å²) in [6, 6.07) is 0.452. The fraction of sp³-hybridized carbons (Fsp3) is 0.714. The summed E-state index contributed by atoms with van der Waals surface area (Å²) in [5.41, 5.74) is 1.11. The molecule has 0 aliphatic rings. The fourth-order valence-electron chi connectivity index (χ4n) is 1.93. The van der Waals surface area contributed by atoms with Crippen LogP contribution in [-0.4, -0.2) is 42.1 Å². The van der Waals surface area contributed by atoms with Gasteiger partial charge in [-0.25, -0.2) is 9.97 Å². The van der Waals surface area contributed by atoms with E-state index >= 15 is 0 Å². The molecule has 0 saturated carbocycles. The van der Waals surface area contributed by atoms with Gasteiger partial charge in [0.25, 0.3) is 0 Å². The van der Waals surface area contributed by atoms with Crippen LogP contribution < -0.4 is 10.2 Å². The monoisotopic (exact) mass is 282 g/mol.